The Balaban J connectivity index is 2.32. The summed E-state index contributed by atoms with van der Waals surface area (Å²) >= 11 is 5.95. The average Bonchev–Trinajstić information content (AvgIpc) is 2.38. The van der Waals surface area contributed by atoms with E-state index in [0.29, 0.717) is 28.2 Å². The summed E-state index contributed by atoms with van der Waals surface area (Å²) in [5.74, 6) is 1.73. The molecular weight excluding hydrogens is 264 g/mol. The molecule has 0 saturated carbocycles. The van der Waals surface area contributed by atoms with E-state index in [1.54, 1.807) is 18.2 Å². The highest BCUT2D eigenvalue weighted by atomic mass is 35.5. The fourth-order valence-corrected chi connectivity index (χ4v) is 1.75. The molecule has 1 heterocycles. The number of nitrogens with zero attached hydrogens (tertiary/aromatic N) is 2. The van der Waals surface area contributed by atoms with Crippen molar-refractivity contribution in [3.63, 3.8) is 0 Å². The highest BCUT2D eigenvalue weighted by Gasteiger charge is 2.10. The first-order valence-corrected chi connectivity index (χ1v) is 6.39. The van der Waals surface area contributed by atoms with Gasteiger partial charge in [-0.05, 0) is 6.07 Å². The molecule has 0 spiro atoms. The third kappa shape index (κ3) is 3.43. The minimum Gasteiger partial charge on any atom is -0.438 e. The van der Waals surface area contributed by atoms with Crippen LogP contribution in [0, 0.1) is 0 Å². The molecule has 0 saturated heterocycles. The quantitative estimate of drug-likeness (QED) is 0.869. The molecule has 100 valence electrons. The molecular formula is C14H15ClN2O2. The first-order valence-electron chi connectivity index (χ1n) is 6.01. The molecule has 19 heavy (non-hydrogen) atoms. The van der Waals surface area contributed by atoms with Crippen LogP contribution in [0.1, 0.15) is 31.2 Å². The topological polar surface area (TPSA) is 55.2 Å². The fourth-order valence-electron chi connectivity index (χ4n) is 1.57. The summed E-state index contributed by atoms with van der Waals surface area (Å²) in [6.07, 6.45) is 0. The van der Waals surface area contributed by atoms with Crippen LogP contribution < -0.4 is 4.74 Å². The molecule has 2 rings (SSSR count). The number of aliphatic hydroxyl groups is 1. The maximum absolute atomic E-state index is 9.26. The number of halogens is 1. The van der Waals surface area contributed by atoms with Gasteiger partial charge in [-0.3, -0.25) is 0 Å². The zero-order chi connectivity index (χ0) is 13.8. The van der Waals surface area contributed by atoms with Gasteiger partial charge in [-0.15, -0.1) is 0 Å². The van der Waals surface area contributed by atoms with Gasteiger partial charge < -0.3 is 9.84 Å². The summed E-state index contributed by atoms with van der Waals surface area (Å²) in [6, 6.07) is 8.80. The lowest BCUT2D eigenvalue weighted by Crippen LogP contribution is -2.00. The average molecular weight is 279 g/mol. The molecule has 4 nitrogen and oxygen atoms in total. The molecule has 0 unspecified atom stereocenters. The molecule has 0 aliphatic heterocycles. The van der Waals surface area contributed by atoms with E-state index in [0.717, 1.165) is 0 Å². The third-order valence-corrected chi connectivity index (χ3v) is 2.76. The second-order valence-corrected chi connectivity index (χ2v) is 4.80. The maximum Gasteiger partial charge on any atom is 0.224 e. The van der Waals surface area contributed by atoms with E-state index >= 15 is 0 Å². The monoisotopic (exact) mass is 278 g/mol. The van der Waals surface area contributed by atoms with Gasteiger partial charge in [-0.2, -0.15) is 4.98 Å². The predicted molar refractivity (Wildman–Crippen MR) is 73.6 cm³/mol. The van der Waals surface area contributed by atoms with Crippen LogP contribution in [-0.2, 0) is 6.61 Å². The van der Waals surface area contributed by atoms with E-state index < -0.39 is 0 Å². The second-order valence-electron chi connectivity index (χ2n) is 4.41. The first-order chi connectivity index (χ1) is 9.10. The number of aromatic nitrogens is 2. The Morgan fingerprint density at radius 3 is 2.68 bits per heavy atom. The van der Waals surface area contributed by atoms with Crippen molar-refractivity contribution >= 4 is 11.6 Å². The van der Waals surface area contributed by atoms with Crippen molar-refractivity contribution in [2.75, 3.05) is 0 Å². The molecule has 0 radical (unpaired) electrons. The van der Waals surface area contributed by atoms with Gasteiger partial charge in [0.25, 0.3) is 0 Å². The molecule has 0 aliphatic rings. The normalized spacial score (nSPS) is 10.8. The van der Waals surface area contributed by atoms with Crippen LogP contribution in [0.5, 0.6) is 11.6 Å². The highest BCUT2D eigenvalue weighted by molar-refractivity contribution is 6.29. The molecule has 1 aromatic carbocycles. The Bertz CT molecular complexity index is 573. The van der Waals surface area contributed by atoms with E-state index in [2.05, 4.69) is 9.97 Å². The minimum absolute atomic E-state index is 0.0912. The number of benzene rings is 1. The number of hydrogen-bond donors (Lipinski definition) is 1. The maximum atomic E-state index is 9.26. The summed E-state index contributed by atoms with van der Waals surface area (Å²) in [7, 11) is 0. The Morgan fingerprint density at radius 2 is 2.00 bits per heavy atom. The van der Waals surface area contributed by atoms with Gasteiger partial charge in [0.2, 0.25) is 5.88 Å². The van der Waals surface area contributed by atoms with Crippen LogP contribution in [0.4, 0.5) is 0 Å². The zero-order valence-electron chi connectivity index (χ0n) is 10.8. The van der Waals surface area contributed by atoms with Crippen LogP contribution in [0.3, 0.4) is 0 Å². The summed E-state index contributed by atoms with van der Waals surface area (Å²) < 4.78 is 5.68. The molecule has 2 aromatic rings. The second kappa shape index (κ2) is 5.99. The molecule has 0 fully saturated rings. The molecule has 0 amide bonds. The third-order valence-electron chi connectivity index (χ3n) is 2.56. The Hall–Kier alpha value is -1.65. The molecule has 0 aliphatic carbocycles. The van der Waals surface area contributed by atoms with Crippen LogP contribution in [-0.4, -0.2) is 15.1 Å². The van der Waals surface area contributed by atoms with E-state index in [1.807, 2.05) is 26.0 Å². The van der Waals surface area contributed by atoms with Gasteiger partial charge in [0.1, 0.15) is 16.7 Å². The first kappa shape index (κ1) is 13.8. The van der Waals surface area contributed by atoms with Crippen molar-refractivity contribution in [2.45, 2.75) is 26.4 Å². The van der Waals surface area contributed by atoms with E-state index in [4.69, 9.17) is 16.3 Å². The van der Waals surface area contributed by atoms with Crippen molar-refractivity contribution in [1.29, 1.82) is 0 Å². The summed E-state index contributed by atoms with van der Waals surface area (Å²) in [4.78, 5) is 8.45. The molecule has 0 bridgehead atoms. The lowest BCUT2D eigenvalue weighted by atomic mass is 10.2. The van der Waals surface area contributed by atoms with Crippen LogP contribution in [0.15, 0.2) is 30.3 Å². The largest absolute Gasteiger partial charge is 0.438 e. The van der Waals surface area contributed by atoms with E-state index in [-0.39, 0.29) is 12.5 Å². The molecule has 1 N–H and O–H groups in total. The Labute approximate surface area is 117 Å². The van der Waals surface area contributed by atoms with Gasteiger partial charge in [0.05, 0.1) is 6.61 Å². The Kier molecular flexibility index (Phi) is 4.35. The highest BCUT2D eigenvalue weighted by Crippen LogP contribution is 2.26. The fraction of sp³-hybridized carbons (Fsp3) is 0.286. The van der Waals surface area contributed by atoms with Gasteiger partial charge in [-0.1, -0.05) is 43.6 Å². The summed E-state index contributed by atoms with van der Waals surface area (Å²) in [6.45, 7) is 3.88. The minimum atomic E-state index is -0.0912. The van der Waals surface area contributed by atoms with E-state index in [9.17, 15) is 5.11 Å². The van der Waals surface area contributed by atoms with Crippen molar-refractivity contribution in [3.8, 4) is 11.6 Å². The van der Waals surface area contributed by atoms with Crippen molar-refractivity contribution in [2.24, 2.45) is 0 Å². The Morgan fingerprint density at radius 1 is 1.26 bits per heavy atom. The molecule has 1 aromatic heterocycles. The van der Waals surface area contributed by atoms with Gasteiger partial charge >= 0.3 is 0 Å². The van der Waals surface area contributed by atoms with Crippen LogP contribution >= 0.6 is 11.6 Å². The standard InChI is InChI=1S/C14H15ClN2O2/c1-9(2)14-16-12(15)7-13(17-14)19-11-6-4-3-5-10(11)8-18/h3-7,9,18H,8H2,1-2H3. The van der Waals surface area contributed by atoms with Crippen molar-refractivity contribution in [1.82, 2.24) is 9.97 Å². The van der Waals surface area contributed by atoms with Gasteiger partial charge in [0, 0.05) is 17.5 Å². The van der Waals surface area contributed by atoms with Gasteiger partial charge in [-0.25, -0.2) is 4.98 Å². The SMILES string of the molecule is CC(C)c1nc(Cl)cc(Oc2ccccc2CO)n1. The number of aliphatic hydroxyl groups excluding tert-OH is 1. The number of para-hydroxylation sites is 1. The lowest BCUT2D eigenvalue weighted by molar-refractivity contribution is 0.276. The summed E-state index contributed by atoms with van der Waals surface area (Å²) in [5.41, 5.74) is 0.698. The number of hydrogen-bond acceptors (Lipinski definition) is 4. The van der Waals surface area contributed by atoms with Crippen molar-refractivity contribution in [3.05, 3.63) is 46.9 Å². The van der Waals surface area contributed by atoms with Crippen molar-refractivity contribution < 1.29 is 9.84 Å². The number of rotatable bonds is 4. The predicted octanol–water partition coefficient (Wildman–Crippen LogP) is 3.54. The van der Waals surface area contributed by atoms with E-state index in [1.165, 1.54) is 0 Å². The van der Waals surface area contributed by atoms with Crippen LogP contribution in [0.2, 0.25) is 5.15 Å². The van der Waals surface area contributed by atoms with Gasteiger partial charge in [0.15, 0.2) is 0 Å². The van der Waals surface area contributed by atoms with Crippen LogP contribution in [0.25, 0.3) is 0 Å². The zero-order valence-corrected chi connectivity index (χ0v) is 11.6. The number of ether oxygens (including phenoxy) is 1. The summed E-state index contributed by atoms with van der Waals surface area (Å²) in [5, 5.41) is 9.60. The molecule has 5 heteroatoms. The smallest absolute Gasteiger partial charge is 0.224 e. The lowest BCUT2D eigenvalue weighted by Gasteiger charge is -2.11. The molecule has 0 atom stereocenters.